The Morgan fingerprint density at radius 1 is 1.07 bits per heavy atom. The van der Waals surface area contributed by atoms with Gasteiger partial charge in [-0.25, -0.2) is 0 Å². The molecule has 7 heteroatoms. The van der Waals surface area contributed by atoms with E-state index in [0.717, 1.165) is 22.6 Å². The summed E-state index contributed by atoms with van der Waals surface area (Å²) in [5, 5.41) is 14.2. The first-order valence-electron chi connectivity index (χ1n) is 8.84. The smallest absolute Gasteiger partial charge is 0.228 e. The lowest BCUT2D eigenvalue weighted by molar-refractivity contribution is -0.115. The second-order valence-electron chi connectivity index (χ2n) is 6.43. The number of ether oxygens (including phenoxy) is 1. The van der Waals surface area contributed by atoms with E-state index in [-0.39, 0.29) is 12.3 Å². The van der Waals surface area contributed by atoms with Gasteiger partial charge in [0.2, 0.25) is 5.91 Å². The molecule has 0 aliphatic rings. The number of hydrogen-bond acceptors (Lipinski definition) is 6. The molecule has 28 heavy (non-hydrogen) atoms. The highest BCUT2D eigenvalue weighted by Crippen LogP contribution is 2.21. The number of benzene rings is 2. The van der Waals surface area contributed by atoms with Crippen LogP contribution in [0.5, 0.6) is 5.75 Å². The van der Waals surface area contributed by atoms with Crippen molar-refractivity contribution in [3.63, 3.8) is 0 Å². The SMILES string of the molecule is COc1ccccc1CC(=O)Nc1ccc(Nc2cc(N(C)C)cnn2)cc1. The molecule has 7 nitrogen and oxygen atoms in total. The van der Waals surface area contributed by atoms with Gasteiger partial charge in [-0.15, -0.1) is 5.10 Å². The number of nitrogens with one attached hydrogen (secondary N) is 2. The Morgan fingerprint density at radius 3 is 2.50 bits per heavy atom. The third-order valence-electron chi connectivity index (χ3n) is 4.14. The molecule has 0 aliphatic heterocycles. The molecule has 0 unspecified atom stereocenters. The van der Waals surface area contributed by atoms with Gasteiger partial charge in [0.25, 0.3) is 0 Å². The van der Waals surface area contributed by atoms with Gasteiger partial charge in [-0.05, 0) is 30.3 Å². The van der Waals surface area contributed by atoms with Crippen molar-refractivity contribution in [3.8, 4) is 5.75 Å². The zero-order chi connectivity index (χ0) is 19.9. The van der Waals surface area contributed by atoms with Crippen molar-refractivity contribution in [1.82, 2.24) is 10.2 Å². The summed E-state index contributed by atoms with van der Waals surface area (Å²) >= 11 is 0. The number of rotatable bonds is 7. The van der Waals surface area contributed by atoms with Crippen LogP contribution in [0.15, 0.2) is 60.8 Å². The predicted octanol–water partition coefficient (Wildman–Crippen LogP) is 3.48. The molecule has 3 aromatic rings. The van der Waals surface area contributed by atoms with Crippen molar-refractivity contribution in [3.05, 3.63) is 66.4 Å². The average molecular weight is 377 g/mol. The Kier molecular flexibility index (Phi) is 6.06. The Labute approximate surface area is 164 Å². The fourth-order valence-corrected chi connectivity index (χ4v) is 2.67. The second kappa shape index (κ2) is 8.85. The maximum atomic E-state index is 12.3. The van der Waals surface area contributed by atoms with Crippen LogP contribution < -0.4 is 20.3 Å². The molecular weight excluding hydrogens is 354 g/mol. The van der Waals surface area contributed by atoms with Crippen LogP contribution in [-0.4, -0.2) is 37.3 Å². The van der Waals surface area contributed by atoms with Crippen molar-refractivity contribution < 1.29 is 9.53 Å². The first-order valence-corrected chi connectivity index (χ1v) is 8.84. The topological polar surface area (TPSA) is 79.4 Å². The van der Waals surface area contributed by atoms with Gasteiger partial charge < -0.3 is 20.3 Å². The fourth-order valence-electron chi connectivity index (χ4n) is 2.67. The van der Waals surface area contributed by atoms with Gasteiger partial charge in [-0.1, -0.05) is 18.2 Å². The van der Waals surface area contributed by atoms with Crippen LogP contribution in [0.2, 0.25) is 0 Å². The summed E-state index contributed by atoms with van der Waals surface area (Å²) in [6, 6.07) is 16.8. The Bertz CT molecular complexity index is 942. The van der Waals surface area contributed by atoms with E-state index in [1.165, 1.54) is 0 Å². The Balaban J connectivity index is 1.61. The van der Waals surface area contributed by atoms with Crippen LogP contribution in [0, 0.1) is 0 Å². The first kappa shape index (κ1) is 19.2. The number of amides is 1. The van der Waals surface area contributed by atoms with Crippen molar-refractivity contribution in [2.75, 3.05) is 36.7 Å². The monoisotopic (exact) mass is 377 g/mol. The van der Waals surface area contributed by atoms with Crippen LogP contribution in [0.25, 0.3) is 0 Å². The summed E-state index contributed by atoms with van der Waals surface area (Å²) < 4.78 is 5.29. The summed E-state index contributed by atoms with van der Waals surface area (Å²) in [6.07, 6.45) is 1.95. The summed E-state index contributed by atoms with van der Waals surface area (Å²) in [7, 11) is 5.49. The first-order chi connectivity index (χ1) is 13.5. The molecule has 0 atom stereocenters. The number of carbonyl (C=O) groups excluding carboxylic acids is 1. The highest BCUT2D eigenvalue weighted by Gasteiger charge is 2.09. The lowest BCUT2D eigenvalue weighted by Gasteiger charge is -2.13. The van der Waals surface area contributed by atoms with Crippen molar-refractivity contribution in [1.29, 1.82) is 0 Å². The predicted molar refractivity (Wildman–Crippen MR) is 111 cm³/mol. The van der Waals surface area contributed by atoms with E-state index in [9.17, 15) is 4.79 Å². The highest BCUT2D eigenvalue weighted by molar-refractivity contribution is 5.92. The van der Waals surface area contributed by atoms with E-state index in [0.29, 0.717) is 11.6 Å². The standard InChI is InChI=1S/C21H23N5O2/c1-26(2)18-13-20(25-22-14-18)23-16-8-10-17(11-9-16)24-21(27)12-15-6-4-5-7-19(15)28-3/h4-11,13-14H,12H2,1-3H3,(H,23,25)(H,24,27). The minimum absolute atomic E-state index is 0.102. The van der Waals surface area contributed by atoms with Crippen molar-refractivity contribution >= 4 is 28.8 Å². The summed E-state index contributed by atoms with van der Waals surface area (Å²) in [5.74, 6) is 1.26. The Morgan fingerprint density at radius 2 is 1.79 bits per heavy atom. The number of methoxy groups -OCH3 is 1. The number of nitrogens with zero attached hydrogens (tertiary/aromatic N) is 3. The molecule has 144 valence electrons. The molecule has 3 rings (SSSR count). The largest absolute Gasteiger partial charge is 0.496 e. The molecule has 0 saturated carbocycles. The quantitative estimate of drug-likeness (QED) is 0.656. The molecule has 0 fully saturated rings. The van der Waals surface area contributed by atoms with Gasteiger partial charge >= 0.3 is 0 Å². The molecular formula is C21H23N5O2. The lowest BCUT2D eigenvalue weighted by atomic mass is 10.1. The zero-order valence-corrected chi connectivity index (χ0v) is 16.1. The van der Waals surface area contributed by atoms with Gasteiger partial charge in [0.15, 0.2) is 5.82 Å². The number of hydrogen-bond donors (Lipinski definition) is 2. The molecule has 0 aliphatic carbocycles. The molecule has 0 saturated heterocycles. The normalized spacial score (nSPS) is 10.2. The second-order valence-corrected chi connectivity index (χ2v) is 6.43. The average Bonchev–Trinajstić information content (AvgIpc) is 2.70. The molecule has 2 N–H and O–H groups in total. The molecule has 0 bridgehead atoms. The van der Waals surface area contributed by atoms with E-state index in [1.807, 2.05) is 73.6 Å². The molecule has 2 aromatic carbocycles. The third kappa shape index (κ3) is 4.97. The van der Waals surface area contributed by atoms with E-state index in [4.69, 9.17) is 4.74 Å². The molecule has 1 aromatic heterocycles. The van der Waals surface area contributed by atoms with E-state index in [2.05, 4.69) is 20.8 Å². The maximum absolute atomic E-state index is 12.3. The zero-order valence-electron chi connectivity index (χ0n) is 16.1. The van der Waals surface area contributed by atoms with E-state index >= 15 is 0 Å². The molecule has 0 radical (unpaired) electrons. The summed E-state index contributed by atoms with van der Waals surface area (Å²) in [6.45, 7) is 0. The molecule has 0 spiro atoms. The maximum Gasteiger partial charge on any atom is 0.228 e. The summed E-state index contributed by atoms with van der Waals surface area (Å²) in [4.78, 5) is 14.3. The van der Waals surface area contributed by atoms with Gasteiger partial charge in [0, 0.05) is 37.1 Å². The lowest BCUT2D eigenvalue weighted by Crippen LogP contribution is -2.14. The van der Waals surface area contributed by atoms with E-state index < -0.39 is 0 Å². The van der Waals surface area contributed by atoms with Crippen molar-refractivity contribution in [2.45, 2.75) is 6.42 Å². The van der Waals surface area contributed by atoms with Gasteiger partial charge in [-0.2, -0.15) is 5.10 Å². The van der Waals surface area contributed by atoms with Crippen LogP contribution >= 0.6 is 0 Å². The number of anilines is 4. The van der Waals surface area contributed by atoms with Gasteiger partial charge in [0.05, 0.1) is 25.4 Å². The number of aromatic nitrogens is 2. The number of carbonyl (C=O) groups is 1. The van der Waals surface area contributed by atoms with E-state index in [1.54, 1.807) is 13.3 Å². The third-order valence-corrected chi connectivity index (χ3v) is 4.14. The highest BCUT2D eigenvalue weighted by atomic mass is 16.5. The minimum Gasteiger partial charge on any atom is -0.496 e. The number of para-hydroxylation sites is 1. The van der Waals surface area contributed by atoms with Crippen LogP contribution in [0.3, 0.4) is 0 Å². The van der Waals surface area contributed by atoms with Crippen molar-refractivity contribution in [2.24, 2.45) is 0 Å². The Hall–Kier alpha value is -3.61. The fraction of sp³-hybridized carbons (Fsp3) is 0.190. The van der Waals surface area contributed by atoms with Crippen LogP contribution in [0.4, 0.5) is 22.9 Å². The van der Waals surface area contributed by atoms with Crippen LogP contribution in [-0.2, 0) is 11.2 Å². The summed E-state index contributed by atoms with van der Waals surface area (Å²) in [5.41, 5.74) is 3.38. The minimum atomic E-state index is -0.102. The van der Waals surface area contributed by atoms with Crippen LogP contribution in [0.1, 0.15) is 5.56 Å². The van der Waals surface area contributed by atoms with Gasteiger partial charge in [-0.3, -0.25) is 4.79 Å². The molecule has 1 heterocycles. The molecule has 1 amide bonds. The van der Waals surface area contributed by atoms with Gasteiger partial charge in [0.1, 0.15) is 5.75 Å².